The number of aliphatic hydroxyl groups is 4. The SMILES string of the molecule is CCN(C)[C@@H]1C(O)=C(C(C)=O)C(=O)[C@@]2(O)C(O)=C3C(=O)c4c(O)cccc4C(CSCc4ccccc4)C3C(O)C12. The first-order valence-electron chi connectivity index (χ1n) is 13.5. The second-order valence-electron chi connectivity index (χ2n) is 10.9. The van der Waals surface area contributed by atoms with Gasteiger partial charge in [-0.15, -0.1) is 0 Å². The van der Waals surface area contributed by atoms with Gasteiger partial charge in [-0.2, -0.15) is 11.8 Å². The molecule has 0 heterocycles. The van der Waals surface area contributed by atoms with Gasteiger partial charge in [-0.1, -0.05) is 49.4 Å². The fraction of sp³-hybridized carbons (Fsp3) is 0.387. The summed E-state index contributed by atoms with van der Waals surface area (Å²) >= 11 is 1.54. The van der Waals surface area contributed by atoms with E-state index in [1.54, 1.807) is 31.0 Å². The molecule has 0 spiro atoms. The number of aliphatic hydroxyl groups excluding tert-OH is 3. The molecule has 0 bridgehead atoms. The topological polar surface area (TPSA) is 156 Å². The van der Waals surface area contributed by atoms with E-state index >= 15 is 0 Å². The molecule has 2 aromatic rings. The molecule has 216 valence electrons. The number of fused-ring (bicyclic) bond motifs is 3. The Bertz CT molecular complexity index is 1480. The fourth-order valence-corrected chi connectivity index (χ4v) is 7.88. The lowest BCUT2D eigenvalue weighted by molar-refractivity contribution is -0.162. The van der Waals surface area contributed by atoms with E-state index in [1.165, 1.54) is 17.8 Å². The van der Waals surface area contributed by atoms with Crippen molar-refractivity contribution in [1.82, 2.24) is 4.90 Å². The highest BCUT2D eigenvalue weighted by molar-refractivity contribution is 7.98. The van der Waals surface area contributed by atoms with Gasteiger partial charge in [0.05, 0.1) is 23.6 Å². The maximum absolute atomic E-state index is 13.9. The van der Waals surface area contributed by atoms with Crippen LogP contribution in [0.4, 0.5) is 0 Å². The molecule has 0 aromatic heterocycles. The van der Waals surface area contributed by atoms with E-state index in [9.17, 15) is 39.9 Å². The molecule has 0 saturated heterocycles. The normalized spacial score (nSPS) is 29.4. The van der Waals surface area contributed by atoms with Crippen molar-refractivity contribution in [2.24, 2.45) is 11.8 Å². The van der Waals surface area contributed by atoms with Crippen LogP contribution in [0.3, 0.4) is 0 Å². The molecule has 0 amide bonds. The number of carbonyl (C=O) groups excluding carboxylic acids is 3. The molecule has 41 heavy (non-hydrogen) atoms. The maximum atomic E-state index is 13.9. The summed E-state index contributed by atoms with van der Waals surface area (Å²) in [6, 6.07) is 13.1. The second-order valence-corrected chi connectivity index (χ2v) is 11.9. The van der Waals surface area contributed by atoms with E-state index in [2.05, 4.69) is 0 Å². The Morgan fingerprint density at radius 1 is 1.05 bits per heavy atom. The minimum Gasteiger partial charge on any atom is -0.510 e. The van der Waals surface area contributed by atoms with Crippen LogP contribution in [0.25, 0.3) is 0 Å². The molecule has 5 N–H and O–H groups in total. The third-order valence-electron chi connectivity index (χ3n) is 8.73. The van der Waals surface area contributed by atoms with Crippen LogP contribution in [0.15, 0.2) is 71.2 Å². The number of thioether (sulfide) groups is 1. The van der Waals surface area contributed by atoms with Crippen molar-refractivity contribution in [3.05, 3.63) is 87.9 Å². The molecule has 4 unspecified atom stereocenters. The average molecular weight is 580 g/mol. The molecule has 3 aliphatic rings. The van der Waals surface area contributed by atoms with Crippen LogP contribution in [0, 0.1) is 11.8 Å². The molecular weight excluding hydrogens is 546 g/mol. The number of hydrogen-bond donors (Lipinski definition) is 5. The van der Waals surface area contributed by atoms with Crippen LogP contribution in [0.2, 0.25) is 0 Å². The average Bonchev–Trinajstić information content (AvgIpc) is 2.94. The molecule has 9 nitrogen and oxygen atoms in total. The van der Waals surface area contributed by atoms with Gasteiger partial charge in [0.25, 0.3) is 0 Å². The Balaban J connectivity index is 1.70. The number of likely N-dealkylation sites (N-methyl/N-ethyl adjacent to an activating group) is 1. The zero-order chi connectivity index (χ0) is 29.8. The molecule has 6 atom stereocenters. The fourth-order valence-electron chi connectivity index (χ4n) is 6.69. The Hall–Kier alpha value is -3.44. The summed E-state index contributed by atoms with van der Waals surface area (Å²) in [5.41, 5.74) is -2.44. The Kier molecular flexibility index (Phi) is 7.63. The summed E-state index contributed by atoms with van der Waals surface area (Å²) in [5, 5.41) is 57.6. The highest BCUT2D eigenvalue weighted by Gasteiger charge is 2.67. The third-order valence-corrected chi connectivity index (χ3v) is 9.86. The molecule has 0 saturated carbocycles. The number of phenolic OH excluding ortho intramolecular Hbond substituents is 1. The van der Waals surface area contributed by atoms with Gasteiger partial charge in [0.2, 0.25) is 5.78 Å². The highest BCUT2D eigenvalue weighted by Crippen LogP contribution is 2.56. The van der Waals surface area contributed by atoms with Gasteiger partial charge < -0.3 is 25.5 Å². The van der Waals surface area contributed by atoms with E-state index in [-0.39, 0.29) is 16.9 Å². The highest BCUT2D eigenvalue weighted by atomic mass is 32.2. The lowest BCUT2D eigenvalue weighted by Gasteiger charge is -2.54. The van der Waals surface area contributed by atoms with Crippen molar-refractivity contribution >= 4 is 29.1 Å². The van der Waals surface area contributed by atoms with Crippen LogP contribution >= 0.6 is 11.8 Å². The van der Waals surface area contributed by atoms with Crippen molar-refractivity contribution in [1.29, 1.82) is 0 Å². The van der Waals surface area contributed by atoms with Crippen molar-refractivity contribution in [3.8, 4) is 5.75 Å². The monoisotopic (exact) mass is 579 g/mol. The summed E-state index contributed by atoms with van der Waals surface area (Å²) in [7, 11) is 1.60. The van der Waals surface area contributed by atoms with Gasteiger partial charge in [-0.05, 0) is 37.7 Å². The van der Waals surface area contributed by atoms with E-state index in [0.717, 1.165) is 12.5 Å². The Labute approximate surface area is 241 Å². The minimum absolute atomic E-state index is 0.0690. The Morgan fingerprint density at radius 3 is 2.37 bits per heavy atom. The quantitative estimate of drug-likeness (QED) is 0.309. The summed E-state index contributed by atoms with van der Waals surface area (Å²) in [5.74, 6) is -6.98. The predicted molar refractivity (Wildman–Crippen MR) is 153 cm³/mol. The van der Waals surface area contributed by atoms with Gasteiger partial charge in [0, 0.05) is 28.9 Å². The number of carbonyl (C=O) groups is 3. The molecule has 3 aliphatic carbocycles. The van der Waals surface area contributed by atoms with E-state index < -0.39 is 69.9 Å². The van der Waals surface area contributed by atoms with Gasteiger partial charge >= 0.3 is 0 Å². The first-order chi connectivity index (χ1) is 19.5. The predicted octanol–water partition coefficient (Wildman–Crippen LogP) is 3.06. The summed E-state index contributed by atoms with van der Waals surface area (Å²) in [6.07, 6.45) is -1.59. The van der Waals surface area contributed by atoms with Crippen LogP contribution < -0.4 is 0 Å². The largest absolute Gasteiger partial charge is 0.510 e. The number of Topliss-reactive ketones (excluding diaryl/α,β-unsaturated/α-hetero) is 3. The van der Waals surface area contributed by atoms with Gasteiger partial charge in [0.15, 0.2) is 17.2 Å². The van der Waals surface area contributed by atoms with Gasteiger partial charge in [-0.25, -0.2) is 0 Å². The zero-order valence-corrected chi connectivity index (χ0v) is 23.8. The van der Waals surface area contributed by atoms with Crippen LogP contribution in [0.5, 0.6) is 5.75 Å². The number of nitrogens with zero attached hydrogens (tertiary/aromatic N) is 1. The van der Waals surface area contributed by atoms with Crippen LogP contribution in [-0.4, -0.2) is 84.9 Å². The number of rotatable bonds is 7. The molecule has 5 rings (SSSR count). The number of aromatic hydroxyl groups is 1. The van der Waals surface area contributed by atoms with Crippen molar-refractivity contribution in [2.45, 2.75) is 43.3 Å². The molecule has 0 fully saturated rings. The summed E-state index contributed by atoms with van der Waals surface area (Å²) in [6.45, 7) is 3.13. The van der Waals surface area contributed by atoms with Gasteiger partial charge in [-0.3, -0.25) is 19.3 Å². The van der Waals surface area contributed by atoms with Gasteiger partial charge in [0.1, 0.15) is 22.8 Å². The van der Waals surface area contributed by atoms with Crippen molar-refractivity contribution in [3.63, 3.8) is 0 Å². The smallest absolute Gasteiger partial charge is 0.209 e. The van der Waals surface area contributed by atoms with Crippen molar-refractivity contribution in [2.75, 3.05) is 19.3 Å². The molecule has 0 radical (unpaired) electrons. The molecule has 2 aromatic carbocycles. The standard InChI is InChI=1S/C31H33NO8S/c1-4-32(3)25-24-27(36)22-18(14-41-13-16-9-6-5-7-10-16)17-11-8-12-19(34)21(17)26(35)23(22)30(39)31(24,40)29(38)20(15(2)33)28(25)37/h5-12,18,22,24-25,27,34,36-37,39-40H,4,13-14H2,1-3H3/t18?,22?,24?,25-,27?,31+/m0/s1. The van der Waals surface area contributed by atoms with Crippen LogP contribution in [0.1, 0.15) is 41.3 Å². The third kappa shape index (κ3) is 4.32. The molecule has 10 heteroatoms. The maximum Gasteiger partial charge on any atom is 0.209 e. The Morgan fingerprint density at radius 2 is 1.73 bits per heavy atom. The number of ketones is 3. The number of hydrogen-bond acceptors (Lipinski definition) is 10. The number of benzene rings is 2. The van der Waals surface area contributed by atoms with E-state index in [1.807, 2.05) is 30.3 Å². The van der Waals surface area contributed by atoms with Crippen molar-refractivity contribution < 1.29 is 39.9 Å². The van der Waals surface area contributed by atoms with E-state index in [0.29, 0.717) is 23.6 Å². The first kappa shape index (κ1) is 29.1. The van der Waals surface area contributed by atoms with E-state index in [4.69, 9.17) is 0 Å². The lowest BCUT2D eigenvalue weighted by Crippen LogP contribution is -2.68. The number of phenols is 1. The molecule has 0 aliphatic heterocycles. The summed E-state index contributed by atoms with van der Waals surface area (Å²) in [4.78, 5) is 41.6. The lowest BCUT2D eigenvalue weighted by atomic mass is 9.55. The summed E-state index contributed by atoms with van der Waals surface area (Å²) < 4.78 is 0. The zero-order valence-electron chi connectivity index (χ0n) is 22.9. The first-order valence-corrected chi connectivity index (χ1v) is 14.6. The van der Waals surface area contributed by atoms with Crippen LogP contribution in [-0.2, 0) is 15.3 Å². The second kappa shape index (κ2) is 10.8. The minimum atomic E-state index is -2.86. The molecular formula is C31H33NO8S.